The molecule has 1 aromatic carbocycles. The van der Waals surface area contributed by atoms with Crippen LogP contribution in [0, 0.1) is 0 Å². The molecule has 1 aromatic rings. The Bertz CT molecular complexity index is 418. The number of hydrogen-bond donors (Lipinski definition) is 1. The molecule has 0 saturated carbocycles. The molecule has 0 aromatic heterocycles. The SMILES string of the molecule is COc1ccc(C2(CN)CC=CC2)cc1OC. The van der Waals surface area contributed by atoms with E-state index >= 15 is 0 Å². The third kappa shape index (κ3) is 2.03. The lowest BCUT2D eigenvalue weighted by atomic mass is 9.78. The molecule has 0 bridgehead atoms. The maximum Gasteiger partial charge on any atom is 0.161 e. The van der Waals surface area contributed by atoms with Crippen molar-refractivity contribution in [3.05, 3.63) is 35.9 Å². The molecule has 0 radical (unpaired) electrons. The first-order chi connectivity index (χ1) is 8.25. The van der Waals surface area contributed by atoms with E-state index in [1.54, 1.807) is 14.2 Å². The van der Waals surface area contributed by atoms with Gasteiger partial charge in [-0.1, -0.05) is 18.2 Å². The maximum absolute atomic E-state index is 5.95. The van der Waals surface area contributed by atoms with Crippen molar-refractivity contribution in [1.82, 2.24) is 0 Å². The Morgan fingerprint density at radius 2 is 1.76 bits per heavy atom. The predicted octanol–water partition coefficient (Wildman–Crippen LogP) is 2.25. The van der Waals surface area contributed by atoms with Crippen LogP contribution >= 0.6 is 0 Å². The fourth-order valence-electron chi connectivity index (χ4n) is 2.39. The van der Waals surface area contributed by atoms with E-state index in [4.69, 9.17) is 15.2 Å². The van der Waals surface area contributed by atoms with Gasteiger partial charge in [0.2, 0.25) is 0 Å². The highest BCUT2D eigenvalue weighted by Gasteiger charge is 2.32. The molecule has 0 amide bonds. The van der Waals surface area contributed by atoms with Gasteiger partial charge in [-0.15, -0.1) is 0 Å². The van der Waals surface area contributed by atoms with E-state index in [9.17, 15) is 0 Å². The zero-order chi connectivity index (χ0) is 12.3. The van der Waals surface area contributed by atoms with E-state index in [0.717, 1.165) is 24.3 Å². The van der Waals surface area contributed by atoms with Crippen LogP contribution in [-0.2, 0) is 5.41 Å². The molecule has 0 heterocycles. The standard InChI is InChI=1S/C14H19NO2/c1-16-12-6-5-11(9-13(12)17-2)14(10-15)7-3-4-8-14/h3-6,9H,7-8,10,15H2,1-2H3. The van der Waals surface area contributed by atoms with E-state index in [1.807, 2.05) is 12.1 Å². The quantitative estimate of drug-likeness (QED) is 0.811. The minimum atomic E-state index is 0.0412. The summed E-state index contributed by atoms with van der Waals surface area (Å²) in [5.41, 5.74) is 7.22. The van der Waals surface area contributed by atoms with Crippen LogP contribution in [0.3, 0.4) is 0 Å². The largest absolute Gasteiger partial charge is 0.493 e. The Kier molecular flexibility index (Phi) is 3.38. The molecule has 0 spiro atoms. The average molecular weight is 233 g/mol. The maximum atomic E-state index is 5.95. The van der Waals surface area contributed by atoms with E-state index in [1.165, 1.54) is 5.56 Å². The van der Waals surface area contributed by atoms with Gasteiger partial charge in [0, 0.05) is 12.0 Å². The summed E-state index contributed by atoms with van der Waals surface area (Å²) in [5.74, 6) is 1.53. The van der Waals surface area contributed by atoms with Gasteiger partial charge >= 0.3 is 0 Å². The fourth-order valence-corrected chi connectivity index (χ4v) is 2.39. The molecule has 3 nitrogen and oxygen atoms in total. The van der Waals surface area contributed by atoms with Crippen LogP contribution in [-0.4, -0.2) is 20.8 Å². The van der Waals surface area contributed by atoms with Gasteiger partial charge in [-0.05, 0) is 30.5 Å². The number of allylic oxidation sites excluding steroid dienone is 2. The van der Waals surface area contributed by atoms with Gasteiger partial charge < -0.3 is 15.2 Å². The van der Waals surface area contributed by atoms with Crippen molar-refractivity contribution in [1.29, 1.82) is 0 Å². The summed E-state index contributed by atoms with van der Waals surface area (Å²) in [7, 11) is 3.30. The van der Waals surface area contributed by atoms with Crippen molar-refractivity contribution >= 4 is 0 Å². The lowest BCUT2D eigenvalue weighted by molar-refractivity contribution is 0.352. The number of benzene rings is 1. The second-order valence-corrected chi connectivity index (χ2v) is 4.43. The summed E-state index contributed by atoms with van der Waals surface area (Å²) < 4.78 is 10.6. The molecule has 2 N–H and O–H groups in total. The minimum absolute atomic E-state index is 0.0412. The molecule has 2 rings (SSSR count). The van der Waals surface area contributed by atoms with Gasteiger partial charge in [0.1, 0.15) is 0 Å². The van der Waals surface area contributed by atoms with Gasteiger partial charge in [0.25, 0.3) is 0 Å². The summed E-state index contributed by atoms with van der Waals surface area (Å²) in [5, 5.41) is 0. The Hall–Kier alpha value is -1.48. The summed E-state index contributed by atoms with van der Waals surface area (Å²) >= 11 is 0. The molecule has 92 valence electrons. The van der Waals surface area contributed by atoms with Crippen molar-refractivity contribution in [2.45, 2.75) is 18.3 Å². The fraction of sp³-hybridized carbons (Fsp3) is 0.429. The Balaban J connectivity index is 2.38. The minimum Gasteiger partial charge on any atom is -0.493 e. The van der Waals surface area contributed by atoms with Gasteiger partial charge in [0.05, 0.1) is 14.2 Å². The van der Waals surface area contributed by atoms with Crippen LogP contribution in [0.2, 0.25) is 0 Å². The molecule has 0 fully saturated rings. The van der Waals surface area contributed by atoms with Crippen molar-refractivity contribution in [3.8, 4) is 11.5 Å². The lowest BCUT2D eigenvalue weighted by Gasteiger charge is -2.28. The van der Waals surface area contributed by atoms with Gasteiger partial charge in [-0.3, -0.25) is 0 Å². The highest BCUT2D eigenvalue weighted by Crippen LogP contribution is 2.39. The first-order valence-corrected chi connectivity index (χ1v) is 5.83. The number of methoxy groups -OCH3 is 2. The van der Waals surface area contributed by atoms with Crippen molar-refractivity contribution < 1.29 is 9.47 Å². The predicted molar refractivity (Wildman–Crippen MR) is 68.7 cm³/mol. The third-order valence-electron chi connectivity index (χ3n) is 3.57. The molecule has 0 saturated heterocycles. The Morgan fingerprint density at radius 3 is 2.29 bits per heavy atom. The Morgan fingerprint density at radius 1 is 1.12 bits per heavy atom. The van der Waals surface area contributed by atoms with Gasteiger partial charge in [0.15, 0.2) is 11.5 Å². The second-order valence-electron chi connectivity index (χ2n) is 4.43. The van der Waals surface area contributed by atoms with Gasteiger partial charge in [-0.2, -0.15) is 0 Å². The van der Waals surface area contributed by atoms with Crippen molar-refractivity contribution in [2.24, 2.45) is 5.73 Å². The van der Waals surface area contributed by atoms with Crippen LogP contribution in [0.4, 0.5) is 0 Å². The van der Waals surface area contributed by atoms with Crippen LogP contribution < -0.4 is 15.2 Å². The molecule has 0 unspecified atom stereocenters. The molecule has 0 atom stereocenters. The van der Waals surface area contributed by atoms with E-state index < -0.39 is 0 Å². The summed E-state index contributed by atoms with van der Waals surface area (Å²) in [6.07, 6.45) is 6.39. The van der Waals surface area contributed by atoms with Gasteiger partial charge in [-0.25, -0.2) is 0 Å². The Labute approximate surface area is 102 Å². The first kappa shape index (κ1) is 12.0. The summed E-state index contributed by atoms with van der Waals surface area (Å²) in [6.45, 7) is 0.648. The molecule has 1 aliphatic carbocycles. The normalized spacial score (nSPS) is 17.1. The number of hydrogen-bond acceptors (Lipinski definition) is 3. The van der Waals surface area contributed by atoms with E-state index in [0.29, 0.717) is 6.54 Å². The molecular weight excluding hydrogens is 214 g/mol. The zero-order valence-corrected chi connectivity index (χ0v) is 10.4. The third-order valence-corrected chi connectivity index (χ3v) is 3.57. The highest BCUT2D eigenvalue weighted by atomic mass is 16.5. The van der Waals surface area contributed by atoms with E-state index in [-0.39, 0.29) is 5.41 Å². The van der Waals surface area contributed by atoms with Crippen LogP contribution in [0.1, 0.15) is 18.4 Å². The van der Waals surface area contributed by atoms with E-state index in [2.05, 4.69) is 18.2 Å². The monoisotopic (exact) mass is 233 g/mol. The highest BCUT2D eigenvalue weighted by molar-refractivity contribution is 5.46. The number of ether oxygens (including phenoxy) is 2. The smallest absolute Gasteiger partial charge is 0.161 e. The topological polar surface area (TPSA) is 44.5 Å². The summed E-state index contributed by atoms with van der Waals surface area (Å²) in [4.78, 5) is 0. The molecular formula is C14H19NO2. The van der Waals surface area contributed by atoms with Crippen LogP contribution in [0.25, 0.3) is 0 Å². The molecule has 3 heteroatoms. The zero-order valence-electron chi connectivity index (χ0n) is 10.4. The lowest BCUT2D eigenvalue weighted by Crippen LogP contribution is -2.32. The van der Waals surface area contributed by atoms with Crippen molar-refractivity contribution in [2.75, 3.05) is 20.8 Å². The number of nitrogens with two attached hydrogens (primary N) is 1. The molecule has 17 heavy (non-hydrogen) atoms. The number of rotatable bonds is 4. The van der Waals surface area contributed by atoms with Crippen LogP contribution in [0.5, 0.6) is 11.5 Å². The molecule has 0 aliphatic heterocycles. The second kappa shape index (κ2) is 4.80. The molecule has 1 aliphatic rings. The van der Waals surface area contributed by atoms with Crippen molar-refractivity contribution in [3.63, 3.8) is 0 Å². The summed E-state index contributed by atoms with van der Waals surface area (Å²) in [6, 6.07) is 6.07. The van der Waals surface area contributed by atoms with Crippen LogP contribution in [0.15, 0.2) is 30.4 Å². The first-order valence-electron chi connectivity index (χ1n) is 5.83. The average Bonchev–Trinajstić information content (AvgIpc) is 2.88.